The Balaban J connectivity index is 1.98. The molecular formula is C11H19N3. The zero-order valence-electron chi connectivity index (χ0n) is 9.25. The van der Waals surface area contributed by atoms with Crippen LogP contribution in [0, 0.1) is 5.41 Å². The number of rotatable bonds is 3. The topological polar surface area (TPSA) is 29.9 Å². The van der Waals surface area contributed by atoms with Gasteiger partial charge in [-0.3, -0.25) is 0 Å². The Kier molecular flexibility index (Phi) is 2.25. The van der Waals surface area contributed by atoms with Crippen molar-refractivity contribution in [2.24, 2.45) is 5.41 Å². The summed E-state index contributed by atoms with van der Waals surface area (Å²) in [6.45, 7) is 7.65. The maximum Gasteiger partial charge on any atom is 0.203 e. The van der Waals surface area contributed by atoms with Gasteiger partial charge in [-0.25, -0.2) is 4.98 Å². The lowest BCUT2D eigenvalue weighted by molar-refractivity contribution is 0.440. The van der Waals surface area contributed by atoms with Crippen molar-refractivity contribution in [1.29, 1.82) is 0 Å². The van der Waals surface area contributed by atoms with Gasteiger partial charge in [0.05, 0.1) is 0 Å². The first-order valence-corrected chi connectivity index (χ1v) is 5.33. The molecule has 1 heterocycles. The Bertz CT molecular complexity index is 305. The minimum Gasteiger partial charge on any atom is -0.355 e. The standard InChI is InChI=1S/C11H19N3/c1-11(2,3)8-13-10-12-6-7-14(10)9-4-5-9/h6-7,9H,4-5,8H2,1-3H3,(H,12,13). The van der Waals surface area contributed by atoms with E-state index in [4.69, 9.17) is 0 Å². The minimum absolute atomic E-state index is 0.306. The highest BCUT2D eigenvalue weighted by molar-refractivity contribution is 5.28. The minimum atomic E-state index is 0.306. The third kappa shape index (κ3) is 2.28. The van der Waals surface area contributed by atoms with Gasteiger partial charge in [0.15, 0.2) is 0 Å². The number of hydrogen-bond acceptors (Lipinski definition) is 2. The predicted octanol–water partition coefficient (Wildman–Crippen LogP) is 2.68. The second-order valence-electron chi connectivity index (χ2n) is 5.30. The van der Waals surface area contributed by atoms with Crippen molar-refractivity contribution in [3.63, 3.8) is 0 Å². The van der Waals surface area contributed by atoms with Crippen LogP contribution in [-0.2, 0) is 0 Å². The van der Waals surface area contributed by atoms with Crippen molar-refractivity contribution in [3.8, 4) is 0 Å². The van der Waals surface area contributed by atoms with Crippen LogP contribution < -0.4 is 5.32 Å². The maximum atomic E-state index is 4.33. The molecule has 78 valence electrons. The zero-order valence-corrected chi connectivity index (χ0v) is 9.25. The number of aromatic nitrogens is 2. The van der Waals surface area contributed by atoms with E-state index in [0.29, 0.717) is 11.5 Å². The second kappa shape index (κ2) is 3.30. The van der Waals surface area contributed by atoms with Crippen LogP contribution in [-0.4, -0.2) is 16.1 Å². The van der Waals surface area contributed by atoms with E-state index in [1.165, 1.54) is 12.8 Å². The molecule has 0 bridgehead atoms. The summed E-state index contributed by atoms with van der Waals surface area (Å²) < 4.78 is 2.26. The quantitative estimate of drug-likeness (QED) is 0.799. The molecule has 0 aliphatic heterocycles. The van der Waals surface area contributed by atoms with Gasteiger partial charge in [-0.2, -0.15) is 0 Å². The summed E-state index contributed by atoms with van der Waals surface area (Å²) in [6.07, 6.45) is 6.56. The molecular weight excluding hydrogens is 174 g/mol. The van der Waals surface area contributed by atoms with Crippen LogP contribution in [0.4, 0.5) is 5.95 Å². The average molecular weight is 193 g/mol. The molecule has 14 heavy (non-hydrogen) atoms. The normalized spacial score (nSPS) is 17.1. The Morgan fingerprint density at radius 1 is 1.50 bits per heavy atom. The van der Waals surface area contributed by atoms with Gasteiger partial charge >= 0.3 is 0 Å². The van der Waals surface area contributed by atoms with Crippen LogP contribution in [0.1, 0.15) is 39.7 Å². The fourth-order valence-corrected chi connectivity index (χ4v) is 1.44. The van der Waals surface area contributed by atoms with Gasteiger partial charge in [0.2, 0.25) is 5.95 Å². The van der Waals surface area contributed by atoms with Gasteiger partial charge in [-0.1, -0.05) is 20.8 Å². The summed E-state index contributed by atoms with van der Waals surface area (Å²) in [5, 5.41) is 3.41. The van der Waals surface area contributed by atoms with Crippen LogP contribution >= 0.6 is 0 Å². The molecule has 1 aliphatic carbocycles. The van der Waals surface area contributed by atoms with E-state index >= 15 is 0 Å². The maximum absolute atomic E-state index is 4.33. The van der Waals surface area contributed by atoms with Crippen LogP contribution in [0.3, 0.4) is 0 Å². The van der Waals surface area contributed by atoms with E-state index in [2.05, 4.69) is 41.8 Å². The molecule has 0 aromatic carbocycles. The summed E-state index contributed by atoms with van der Waals surface area (Å²) in [7, 11) is 0. The lowest BCUT2D eigenvalue weighted by Crippen LogP contribution is -2.20. The molecule has 1 N–H and O–H groups in total. The van der Waals surface area contributed by atoms with Crippen molar-refractivity contribution >= 4 is 5.95 Å². The summed E-state index contributed by atoms with van der Waals surface area (Å²) in [6, 6.07) is 0.708. The lowest BCUT2D eigenvalue weighted by Gasteiger charge is -2.19. The third-order valence-corrected chi connectivity index (χ3v) is 2.39. The molecule has 0 atom stereocenters. The van der Waals surface area contributed by atoms with Crippen LogP contribution in [0.2, 0.25) is 0 Å². The van der Waals surface area contributed by atoms with Crippen LogP contribution in [0.25, 0.3) is 0 Å². The molecule has 0 radical (unpaired) electrons. The number of nitrogens with zero attached hydrogens (tertiary/aromatic N) is 2. The van der Waals surface area contributed by atoms with Gasteiger partial charge in [-0.05, 0) is 18.3 Å². The van der Waals surface area contributed by atoms with E-state index in [1.54, 1.807) is 0 Å². The number of nitrogens with one attached hydrogen (secondary N) is 1. The SMILES string of the molecule is CC(C)(C)CNc1nccn1C1CC1. The van der Waals surface area contributed by atoms with E-state index in [1.807, 2.05) is 6.20 Å². The monoisotopic (exact) mass is 193 g/mol. The number of hydrogen-bond donors (Lipinski definition) is 1. The van der Waals surface area contributed by atoms with Gasteiger partial charge in [0.25, 0.3) is 0 Å². The van der Waals surface area contributed by atoms with Gasteiger partial charge in [0.1, 0.15) is 0 Å². The lowest BCUT2D eigenvalue weighted by atomic mass is 9.97. The predicted molar refractivity (Wildman–Crippen MR) is 58.4 cm³/mol. The highest BCUT2D eigenvalue weighted by Crippen LogP contribution is 2.36. The summed E-state index contributed by atoms with van der Waals surface area (Å²) in [4.78, 5) is 4.33. The van der Waals surface area contributed by atoms with E-state index in [-0.39, 0.29) is 0 Å². The fourth-order valence-electron chi connectivity index (χ4n) is 1.44. The van der Waals surface area contributed by atoms with Crippen molar-refractivity contribution in [1.82, 2.24) is 9.55 Å². The third-order valence-electron chi connectivity index (χ3n) is 2.39. The first-order chi connectivity index (χ1) is 6.56. The highest BCUT2D eigenvalue weighted by atomic mass is 15.2. The fraction of sp³-hybridized carbons (Fsp3) is 0.727. The summed E-state index contributed by atoms with van der Waals surface area (Å²) >= 11 is 0. The molecule has 1 aliphatic rings. The molecule has 1 saturated carbocycles. The van der Waals surface area contributed by atoms with E-state index < -0.39 is 0 Å². The molecule has 2 rings (SSSR count). The highest BCUT2D eigenvalue weighted by Gasteiger charge is 2.25. The Hall–Kier alpha value is -0.990. The van der Waals surface area contributed by atoms with Crippen molar-refractivity contribution in [2.75, 3.05) is 11.9 Å². The Morgan fingerprint density at radius 3 is 2.79 bits per heavy atom. The Morgan fingerprint density at radius 2 is 2.21 bits per heavy atom. The van der Waals surface area contributed by atoms with Gasteiger partial charge in [0, 0.05) is 25.0 Å². The molecule has 0 unspecified atom stereocenters. The van der Waals surface area contributed by atoms with Crippen molar-refractivity contribution in [3.05, 3.63) is 12.4 Å². The number of imidazole rings is 1. The summed E-state index contributed by atoms with van der Waals surface area (Å²) in [5.74, 6) is 1.03. The van der Waals surface area contributed by atoms with Crippen molar-refractivity contribution < 1.29 is 0 Å². The second-order valence-corrected chi connectivity index (χ2v) is 5.30. The molecule has 1 aromatic rings. The van der Waals surface area contributed by atoms with E-state index in [9.17, 15) is 0 Å². The van der Waals surface area contributed by atoms with Gasteiger partial charge in [-0.15, -0.1) is 0 Å². The van der Waals surface area contributed by atoms with Gasteiger partial charge < -0.3 is 9.88 Å². The Labute approximate surface area is 85.5 Å². The van der Waals surface area contributed by atoms with Crippen molar-refractivity contribution in [2.45, 2.75) is 39.7 Å². The average Bonchev–Trinajstić information content (AvgIpc) is 2.81. The zero-order chi connectivity index (χ0) is 10.2. The molecule has 0 amide bonds. The smallest absolute Gasteiger partial charge is 0.203 e. The summed E-state index contributed by atoms with van der Waals surface area (Å²) in [5.41, 5.74) is 0.306. The van der Waals surface area contributed by atoms with E-state index in [0.717, 1.165) is 12.5 Å². The molecule has 0 spiro atoms. The van der Waals surface area contributed by atoms with Crippen LogP contribution in [0.5, 0.6) is 0 Å². The largest absolute Gasteiger partial charge is 0.355 e. The molecule has 0 saturated heterocycles. The molecule has 1 aromatic heterocycles. The molecule has 3 nitrogen and oxygen atoms in total. The first-order valence-electron chi connectivity index (χ1n) is 5.33. The van der Waals surface area contributed by atoms with Crippen LogP contribution in [0.15, 0.2) is 12.4 Å². The number of anilines is 1. The molecule has 3 heteroatoms. The molecule has 1 fully saturated rings. The first kappa shape index (κ1) is 9.56.